The Hall–Kier alpha value is -3.69. The zero-order valence-corrected chi connectivity index (χ0v) is 17.3. The predicted molar refractivity (Wildman–Crippen MR) is 110 cm³/mol. The summed E-state index contributed by atoms with van der Waals surface area (Å²) >= 11 is 0. The molecule has 1 atom stereocenters. The van der Waals surface area contributed by atoms with Gasteiger partial charge in [-0.15, -0.1) is 0 Å². The molecule has 3 rings (SSSR count). The van der Waals surface area contributed by atoms with E-state index in [1.54, 1.807) is 24.7 Å². The van der Waals surface area contributed by atoms with Crippen LogP contribution < -0.4 is 10.6 Å². The number of nitrogens with zero attached hydrogens (tertiary/aromatic N) is 3. The molecule has 0 aliphatic heterocycles. The number of benzene rings is 1. The van der Waals surface area contributed by atoms with Crippen molar-refractivity contribution in [3.63, 3.8) is 0 Å². The Kier molecular flexibility index (Phi) is 6.14. The summed E-state index contributed by atoms with van der Waals surface area (Å²) in [7, 11) is 1.78. The lowest BCUT2D eigenvalue weighted by atomic mass is 10.2. The lowest BCUT2D eigenvalue weighted by molar-refractivity contribution is -0.153. The number of aromatic nitrogens is 4. The first-order valence-electron chi connectivity index (χ1n) is 9.49. The van der Waals surface area contributed by atoms with Crippen LogP contribution in [0, 0.1) is 13.8 Å². The lowest BCUT2D eigenvalue weighted by Crippen LogP contribution is -2.32. The average molecular weight is 412 g/mol. The number of anilines is 1. The second kappa shape index (κ2) is 8.76. The van der Waals surface area contributed by atoms with Crippen LogP contribution in [0.15, 0.2) is 24.3 Å². The number of fused-ring (bicyclic) bond motifs is 1. The van der Waals surface area contributed by atoms with Gasteiger partial charge in [0.15, 0.2) is 11.8 Å². The van der Waals surface area contributed by atoms with Gasteiger partial charge in [-0.1, -0.05) is 18.2 Å². The largest absolute Gasteiger partial charge is 0.452 e. The Morgan fingerprint density at radius 3 is 2.67 bits per heavy atom. The first-order valence-corrected chi connectivity index (χ1v) is 9.49. The van der Waals surface area contributed by atoms with Gasteiger partial charge in [-0.3, -0.25) is 24.2 Å². The molecule has 0 saturated carbocycles. The number of amides is 2. The summed E-state index contributed by atoms with van der Waals surface area (Å²) in [5.41, 5.74) is 3.09. The van der Waals surface area contributed by atoms with E-state index in [-0.39, 0.29) is 18.7 Å². The molecule has 0 spiro atoms. The smallest absolute Gasteiger partial charge is 0.308 e. The molecule has 0 saturated heterocycles. The first kappa shape index (κ1) is 21.0. The highest BCUT2D eigenvalue weighted by molar-refractivity contribution is 6.04. The summed E-state index contributed by atoms with van der Waals surface area (Å²) in [6, 6.07) is 7.25. The quantitative estimate of drug-likeness (QED) is 0.505. The van der Waals surface area contributed by atoms with Gasteiger partial charge in [0.25, 0.3) is 11.8 Å². The van der Waals surface area contributed by atoms with Crippen LogP contribution in [0.4, 0.5) is 5.69 Å². The number of aromatic amines is 1. The van der Waals surface area contributed by atoms with Gasteiger partial charge >= 0.3 is 5.97 Å². The van der Waals surface area contributed by atoms with Gasteiger partial charge in [-0.05, 0) is 26.8 Å². The number of hydrogen-bond donors (Lipinski definition) is 3. The third-order valence-electron chi connectivity index (χ3n) is 4.73. The van der Waals surface area contributed by atoms with E-state index in [1.165, 1.54) is 6.92 Å². The molecule has 2 amide bonds. The van der Waals surface area contributed by atoms with Crippen molar-refractivity contribution in [3.05, 3.63) is 41.3 Å². The highest BCUT2D eigenvalue weighted by Crippen LogP contribution is 2.19. The van der Waals surface area contributed by atoms with Gasteiger partial charge < -0.3 is 15.4 Å². The number of H-pyrrole nitrogens is 1. The van der Waals surface area contributed by atoms with E-state index < -0.39 is 23.9 Å². The van der Waals surface area contributed by atoms with Crippen LogP contribution in [0.5, 0.6) is 0 Å². The maximum absolute atomic E-state index is 12.3. The number of nitrogens with one attached hydrogen (secondary N) is 3. The molecule has 0 aliphatic carbocycles. The normalized spacial score (nSPS) is 11.9. The summed E-state index contributed by atoms with van der Waals surface area (Å²) in [5, 5.41) is 17.1. The van der Waals surface area contributed by atoms with Crippen molar-refractivity contribution in [2.75, 3.05) is 11.9 Å². The number of esters is 1. The molecule has 30 heavy (non-hydrogen) atoms. The van der Waals surface area contributed by atoms with E-state index in [0.717, 1.165) is 11.2 Å². The zero-order valence-electron chi connectivity index (χ0n) is 17.3. The number of aryl methyl sites for hydroxylation is 2. The van der Waals surface area contributed by atoms with E-state index in [2.05, 4.69) is 25.9 Å². The zero-order chi connectivity index (χ0) is 21.8. The molecule has 10 nitrogen and oxygen atoms in total. The summed E-state index contributed by atoms with van der Waals surface area (Å²) in [6.45, 7) is 5.17. The van der Waals surface area contributed by atoms with Crippen LogP contribution in [0.25, 0.3) is 10.9 Å². The van der Waals surface area contributed by atoms with Crippen LogP contribution >= 0.6 is 0 Å². The topological polar surface area (TPSA) is 131 Å². The molecule has 3 N–H and O–H groups in total. The van der Waals surface area contributed by atoms with Crippen LogP contribution in [0.1, 0.15) is 35.2 Å². The Labute approximate surface area is 173 Å². The first-order chi connectivity index (χ1) is 14.3. The third-order valence-corrected chi connectivity index (χ3v) is 4.73. The minimum atomic E-state index is -0.984. The summed E-state index contributed by atoms with van der Waals surface area (Å²) in [5.74, 6) is -1.44. The molecule has 0 radical (unpaired) electrons. The van der Waals surface area contributed by atoms with Crippen LogP contribution in [0.3, 0.4) is 0 Å². The van der Waals surface area contributed by atoms with Crippen molar-refractivity contribution in [2.45, 2.75) is 33.3 Å². The maximum Gasteiger partial charge on any atom is 0.308 e. The van der Waals surface area contributed by atoms with E-state index in [4.69, 9.17) is 4.74 Å². The molecular formula is C20H24N6O4. The minimum Gasteiger partial charge on any atom is -0.452 e. The van der Waals surface area contributed by atoms with Gasteiger partial charge in [-0.2, -0.15) is 10.2 Å². The van der Waals surface area contributed by atoms with Crippen molar-refractivity contribution in [1.82, 2.24) is 25.3 Å². The average Bonchev–Trinajstić information content (AvgIpc) is 3.24. The summed E-state index contributed by atoms with van der Waals surface area (Å²) in [6.07, 6.45) is -1.06. The molecule has 1 aromatic carbocycles. The lowest BCUT2D eigenvalue weighted by Gasteiger charge is -2.14. The molecule has 3 aromatic rings. The molecule has 2 aromatic heterocycles. The van der Waals surface area contributed by atoms with Gasteiger partial charge in [0, 0.05) is 19.0 Å². The number of rotatable bonds is 7. The van der Waals surface area contributed by atoms with Gasteiger partial charge in [0.05, 0.1) is 29.0 Å². The van der Waals surface area contributed by atoms with Crippen molar-refractivity contribution in [2.24, 2.45) is 7.05 Å². The van der Waals surface area contributed by atoms with E-state index in [0.29, 0.717) is 16.8 Å². The second-order valence-electron chi connectivity index (χ2n) is 6.91. The molecule has 2 heterocycles. The molecule has 158 valence electrons. The van der Waals surface area contributed by atoms with E-state index in [9.17, 15) is 14.4 Å². The fourth-order valence-electron chi connectivity index (χ4n) is 2.99. The summed E-state index contributed by atoms with van der Waals surface area (Å²) < 4.78 is 6.82. The second-order valence-corrected chi connectivity index (χ2v) is 6.91. The van der Waals surface area contributed by atoms with Crippen LogP contribution in [0.2, 0.25) is 0 Å². The van der Waals surface area contributed by atoms with Gasteiger partial charge in [0.1, 0.15) is 0 Å². The Bertz CT molecular complexity index is 1100. The fraction of sp³-hybridized carbons (Fsp3) is 0.350. The van der Waals surface area contributed by atoms with Crippen molar-refractivity contribution < 1.29 is 19.1 Å². The molecule has 0 bridgehead atoms. The van der Waals surface area contributed by atoms with Crippen LogP contribution in [-0.4, -0.2) is 50.4 Å². The standard InChI is InChI=1S/C20H24N6O4/c1-11-17(12(2)26(4)25-11)22-19(28)13(3)30-16(27)9-10-21-20(29)18-14-7-5-6-8-15(14)23-24-18/h5-8,13H,9-10H2,1-4H3,(H,21,29)(H,22,28)(H,23,24). The van der Waals surface area contributed by atoms with Crippen LogP contribution in [-0.2, 0) is 21.4 Å². The van der Waals surface area contributed by atoms with Gasteiger partial charge in [0.2, 0.25) is 0 Å². The van der Waals surface area contributed by atoms with Crippen molar-refractivity contribution in [1.29, 1.82) is 0 Å². The predicted octanol–water partition coefficient (Wildman–Crippen LogP) is 1.60. The number of carbonyl (C=O) groups is 3. The summed E-state index contributed by atoms with van der Waals surface area (Å²) in [4.78, 5) is 36.6. The molecule has 10 heteroatoms. The highest BCUT2D eigenvalue weighted by Gasteiger charge is 2.21. The monoisotopic (exact) mass is 412 g/mol. The van der Waals surface area contributed by atoms with Crippen molar-refractivity contribution in [3.8, 4) is 0 Å². The highest BCUT2D eigenvalue weighted by atomic mass is 16.5. The van der Waals surface area contributed by atoms with Gasteiger partial charge in [-0.25, -0.2) is 0 Å². The van der Waals surface area contributed by atoms with Crippen molar-refractivity contribution >= 4 is 34.4 Å². The maximum atomic E-state index is 12.3. The number of ether oxygens (including phenoxy) is 1. The van der Waals surface area contributed by atoms with E-state index in [1.807, 2.05) is 25.1 Å². The SMILES string of the molecule is Cc1nn(C)c(C)c1NC(=O)C(C)OC(=O)CCNC(=O)c1n[nH]c2ccccc12. The number of para-hydroxylation sites is 1. The Morgan fingerprint density at radius 1 is 1.23 bits per heavy atom. The minimum absolute atomic E-state index is 0.0635. The number of hydrogen-bond acceptors (Lipinski definition) is 6. The third kappa shape index (κ3) is 4.48. The molecule has 0 fully saturated rings. The number of carbonyl (C=O) groups excluding carboxylic acids is 3. The Morgan fingerprint density at radius 2 is 1.97 bits per heavy atom. The molecule has 1 unspecified atom stereocenters. The molecule has 0 aliphatic rings. The fourth-order valence-corrected chi connectivity index (χ4v) is 2.99. The molecular weight excluding hydrogens is 388 g/mol. The van der Waals surface area contributed by atoms with E-state index >= 15 is 0 Å². The Balaban J connectivity index is 1.47.